The van der Waals surface area contributed by atoms with Gasteiger partial charge in [0, 0.05) is 31.9 Å². The van der Waals surface area contributed by atoms with Gasteiger partial charge in [0.2, 0.25) is 0 Å². The van der Waals surface area contributed by atoms with Crippen molar-refractivity contribution >= 4 is 23.3 Å². The van der Waals surface area contributed by atoms with Gasteiger partial charge in [-0.3, -0.25) is 4.98 Å². The minimum atomic E-state index is -0.979. The highest BCUT2D eigenvalue weighted by Gasteiger charge is 2.16. The summed E-state index contributed by atoms with van der Waals surface area (Å²) >= 11 is 6.13. The van der Waals surface area contributed by atoms with Crippen LogP contribution in [0, 0.1) is 0 Å². The SMILES string of the molecule is CN(CCc1ccccn1)c1c(Cl)cccc1C(=O)O. The fourth-order valence-electron chi connectivity index (χ4n) is 2.02. The lowest BCUT2D eigenvalue weighted by molar-refractivity contribution is 0.0697. The number of aromatic carboxylic acids is 1. The number of rotatable bonds is 5. The third-order valence-electron chi connectivity index (χ3n) is 3.03. The van der Waals surface area contributed by atoms with Crippen LogP contribution in [0.1, 0.15) is 16.1 Å². The molecular weight excluding hydrogens is 276 g/mol. The first kappa shape index (κ1) is 14.3. The van der Waals surface area contributed by atoms with Crippen LogP contribution in [0.4, 0.5) is 5.69 Å². The molecule has 0 unspecified atom stereocenters. The van der Waals surface area contributed by atoms with Crippen molar-refractivity contribution in [1.29, 1.82) is 0 Å². The number of pyridine rings is 1. The molecule has 0 bridgehead atoms. The lowest BCUT2D eigenvalue weighted by atomic mass is 10.1. The van der Waals surface area contributed by atoms with Crippen LogP contribution in [-0.2, 0) is 6.42 Å². The minimum Gasteiger partial charge on any atom is -0.478 e. The van der Waals surface area contributed by atoms with Crippen molar-refractivity contribution in [3.63, 3.8) is 0 Å². The molecule has 0 radical (unpaired) electrons. The number of carboxylic acids is 1. The molecule has 5 heteroatoms. The quantitative estimate of drug-likeness (QED) is 0.919. The van der Waals surface area contributed by atoms with Crippen LogP contribution in [-0.4, -0.2) is 29.7 Å². The number of halogens is 1. The van der Waals surface area contributed by atoms with Crippen molar-refractivity contribution in [2.24, 2.45) is 0 Å². The standard InChI is InChI=1S/C15H15ClN2O2/c1-18(10-8-11-5-2-3-9-17-11)14-12(15(19)20)6-4-7-13(14)16/h2-7,9H,8,10H2,1H3,(H,19,20). The normalized spacial score (nSPS) is 10.3. The molecule has 0 spiro atoms. The lowest BCUT2D eigenvalue weighted by Crippen LogP contribution is -2.23. The zero-order valence-electron chi connectivity index (χ0n) is 11.1. The number of nitrogens with zero attached hydrogens (tertiary/aromatic N) is 2. The predicted octanol–water partition coefficient (Wildman–Crippen LogP) is 3.11. The van der Waals surface area contributed by atoms with E-state index < -0.39 is 5.97 Å². The Balaban J connectivity index is 2.17. The molecule has 0 saturated heterocycles. The summed E-state index contributed by atoms with van der Waals surface area (Å²) in [6.07, 6.45) is 2.47. The average Bonchev–Trinajstić information content (AvgIpc) is 2.45. The number of aromatic nitrogens is 1. The summed E-state index contributed by atoms with van der Waals surface area (Å²) in [5.74, 6) is -0.979. The number of carbonyl (C=O) groups is 1. The summed E-state index contributed by atoms with van der Waals surface area (Å²) in [5.41, 5.74) is 1.71. The van der Waals surface area contributed by atoms with Gasteiger partial charge in [-0.25, -0.2) is 4.79 Å². The molecule has 4 nitrogen and oxygen atoms in total. The highest BCUT2D eigenvalue weighted by atomic mass is 35.5. The number of para-hydroxylation sites is 1. The summed E-state index contributed by atoms with van der Waals surface area (Å²) < 4.78 is 0. The molecule has 0 aliphatic heterocycles. The summed E-state index contributed by atoms with van der Waals surface area (Å²) in [7, 11) is 1.83. The molecule has 0 amide bonds. The fraction of sp³-hybridized carbons (Fsp3) is 0.200. The molecule has 0 saturated carbocycles. The first-order valence-electron chi connectivity index (χ1n) is 6.22. The second-order valence-corrected chi connectivity index (χ2v) is 4.84. The maximum Gasteiger partial charge on any atom is 0.337 e. The predicted molar refractivity (Wildman–Crippen MR) is 79.6 cm³/mol. The van der Waals surface area contributed by atoms with Gasteiger partial charge < -0.3 is 10.0 Å². The number of likely N-dealkylation sites (N-methyl/N-ethyl adjacent to an activating group) is 1. The maximum absolute atomic E-state index is 11.3. The second-order valence-electron chi connectivity index (χ2n) is 4.43. The van der Waals surface area contributed by atoms with Gasteiger partial charge in [-0.15, -0.1) is 0 Å². The van der Waals surface area contributed by atoms with E-state index in [2.05, 4.69) is 4.98 Å². The number of anilines is 1. The van der Waals surface area contributed by atoms with Crippen molar-refractivity contribution in [1.82, 2.24) is 4.98 Å². The first-order chi connectivity index (χ1) is 9.59. The van der Waals surface area contributed by atoms with Crippen LogP contribution in [0.25, 0.3) is 0 Å². The Bertz CT molecular complexity index is 602. The molecule has 0 aliphatic carbocycles. The lowest BCUT2D eigenvalue weighted by Gasteiger charge is -2.22. The van der Waals surface area contributed by atoms with Crippen molar-refractivity contribution in [2.75, 3.05) is 18.5 Å². The van der Waals surface area contributed by atoms with E-state index >= 15 is 0 Å². The van der Waals surface area contributed by atoms with Gasteiger partial charge in [0.15, 0.2) is 0 Å². The van der Waals surface area contributed by atoms with E-state index in [9.17, 15) is 9.90 Å². The van der Waals surface area contributed by atoms with Gasteiger partial charge in [0.25, 0.3) is 0 Å². The van der Waals surface area contributed by atoms with Crippen molar-refractivity contribution in [3.8, 4) is 0 Å². The highest BCUT2D eigenvalue weighted by molar-refractivity contribution is 6.34. The Kier molecular flexibility index (Phi) is 4.58. The Labute approximate surface area is 122 Å². The van der Waals surface area contributed by atoms with Gasteiger partial charge in [0.1, 0.15) is 0 Å². The topological polar surface area (TPSA) is 53.4 Å². The first-order valence-corrected chi connectivity index (χ1v) is 6.60. The van der Waals surface area contributed by atoms with E-state index in [4.69, 9.17) is 11.6 Å². The van der Waals surface area contributed by atoms with E-state index in [1.165, 1.54) is 0 Å². The summed E-state index contributed by atoms with van der Waals surface area (Å²) in [4.78, 5) is 17.4. The van der Waals surface area contributed by atoms with Crippen LogP contribution in [0.5, 0.6) is 0 Å². The zero-order valence-corrected chi connectivity index (χ0v) is 11.8. The molecule has 20 heavy (non-hydrogen) atoms. The van der Waals surface area contributed by atoms with Gasteiger partial charge >= 0.3 is 5.97 Å². The molecule has 1 aromatic heterocycles. The second kappa shape index (κ2) is 6.39. The summed E-state index contributed by atoms with van der Waals surface area (Å²) in [5, 5.41) is 9.66. The Hall–Kier alpha value is -2.07. The number of carboxylic acid groups (broad SMARTS) is 1. The monoisotopic (exact) mass is 290 g/mol. The summed E-state index contributed by atoms with van der Waals surface area (Å²) in [6.45, 7) is 0.640. The van der Waals surface area contributed by atoms with Crippen LogP contribution in [0.2, 0.25) is 5.02 Å². The van der Waals surface area contributed by atoms with Gasteiger partial charge in [0.05, 0.1) is 16.3 Å². The van der Waals surface area contributed by atoms with E-state index in [0.717, 1.165) is 12.1 Å². The molecule has 1 heterocycles. The number of hydrogen-bond donors (Lipinski definition) is 1. The van der Waals surface area contributed by atoms with Gasteiger partial charge in [-0.05, 0) is 24.3 Å². The van der Waals surface area contributed by atoms with E-state index in [1.807, 2.05) is 30.1 Å². The molecule has 2 rings (SSSR count). The number of hydrogen-bond acceptors (Lipinski definition) is 3. The fourth-order valence-corrected chi connectivity index (χ4v) is 2.33. The van der Waals surface area contributed by atoms with E-state index in [-0.39, 0.29) is 5.56 Å². The van der Waals surface area contributed by atoms with Crippen LogP contribution >= 0.6 is 11.6 Å². The van der Waals surface area contributed by atoms with Crippen molar-refractivity contribution in [3.05, 3.63) is 58.9 Å². The molecule has 0 aliphatic rings. The van der Waals surface area contributed by atoms with E-state index in [0.29, 0.717) is 17.3 Å². The smallest absolute Gasteiger partial charge is 0.337 e. The zero-order chi connectivity index (χ0) is 14.5. The Morgan fingerprint density at radius 3 is 2.75 bits per heavy atom. The maximum atomic E-state index is 11.3. The molecule has 0 atom stereocenters. The van der Waals surface area contributed by atoms with Crippen molar-refractivity contribution in [2.45, 2.75) is 6.42 Å². The van der Waals surface area contributed by atoms with Crippen molar-refractivity contribution < 1.29 is 9.90 Å². The third-order valence-corrected chi connectivity index (χ3v) is 3.33. The Morgan fingerprint density at radius 1 is 1.30 bits per heavy atom. The minimum absolute atomic E-state index is 0.209. The average molecular weight is 291 g/mol. The van der Waals surface area contributed by atoms with Crippen LogP contribution in [0.3, 0.4) is 0 Å². The largest absolute Gasteiger partial charge is 0.478 e. The Morgan fingerprint density at radius 2 is 2.10 bits per heavy atom. The van der Waals surface area contributed by atoms with E-state index in [1.54, 1.807) is 24.4 Å². The molecule has 0 fully saturated rings. The molecule has 104 valence electrons. The van der Waals surface area contributed by atoms with Gasteiger partial charge in [-0.1, -0.05) is 23.7 Å². The summed E-state index contributed by atoms with van der Waals surface area (Å²) in [6, 6.07) is 10.6. The van der Waals surface area contributed by atoms with Crippen LogP contribution < -0.4 is 4.90 Å². The van der Waals surface area contributed by atoms with Crippen LogP contribution in [0.15, 0.2) is 42.6 Å². The third kappa shape index (κ3) is 3.27. The van der Waals surface area contributed by atoms with Gasteiger partial charge in [-0.2, -0.15) is 0 Å². The number of benzene rings is 1. The molecule has 2 aromatic rings. The molecule has 1 N–H and O–H groups in total. The molecular formula is C15H15ClN2O2. The molecule has 1 aromatic carbocycles. The highest BCUT2D eigenvalue weighted by Crippen LogP contribution is 2.29.